The molecule has 0 aliphatic heterocycles. The lowest BCUT2D eigenvalue weighted by Gasteiger charge is -2.21. The van der Waals surface area contributed by atoms with Crippen molar-refractivity contribution in [3.8, 4) is 0 Å². The van der Waals surface area contributed by atoms with E-state index in [1.54, 1.807) is 25.1 Å². The van der Waals surface area contributed by atoms with Gasteiger partial charge in [-0.25, -0.2) is 0 Å². The second-order valence-corrected chi connectivity index (χ2v) is 4.24. The lowest BCUT2D eigenvalue weighted by Crippen LogP contribution is -2.19. The van der Waals surface area contributed by atoms with Crippen molar-refractivity contribution in [3.05, 3.63) is 33.8 Å². The van der Waals surface area contributed by atoms with E-state index in [4.69, 9.17) is 32.7 Å². The topological polar surface area (TPSA) is 38.7 Å². The van der Waals surface area contributed by atoms with E-state index < -0.39 is 12.2 Å². The van der Waals surface area contributed by atoms with Gasteiger partial charge in [-0.1, -0.05) is 29.3 Å². The van der Waals surface area contributed by atoms with Gasteiger partial charge >= 0.3 is 0 Å². The minimum Gasteiger partial charge on any atom is -0.390 e. The Morgan fingerprint density at radius 2 is 2.06 bits per heavy atom. The van der Waals surface area contributed by atoms with Crippen molar-refractivity contribution in [2.75, 3.05) is 13.9 Å². The Morgan fingerprint density at radius 3 is 2.56 bits per heavy atom. The van der Waals surface area contributed by atoms with Gasteiger partial charge in [-0.15, -0.1) is 0 Å². The van der Waals surface area contributed by atoms with Crippen molar-refractivity contribution in [1.29, 1.82) is 0 Å². The van der Waals surface area contributed by atoms with Crippen LogP contribution in [0.25, 0.3) is 0 Å². The number of halogens is 2. The normalized spacial score (nSPS) is 14.8. The first-order chi connectivity index (χ1) is 7.56. The van der Waals surface area contributed by atoms with Gasteiger partial charge in [0.15, 0.2) is 0 Å². The van der Waals surface area contributed by atoms with Gasteiger partial charge in [-0.2, -0.15) is 0 Å². The molecule has 0 saturated carbocycles. The number of benzene rings is 1. The summed E-state index contributed by atoms with van der Waals surface area (Å²) in [7, 11) is 1.52. The molecule has 1 aromatic rings. The van der Waals surface area contributed by atoms with Gasteiger partial charge in [0, 0.05) is 22.7 Å². The summed E-state index contributed by atoms with van der Waals surface area (Å²) in [4.78, 5) is 0. The molecule has 0 unspecified atom stereocenters. The highest BCUT2D eigenvalue weighted by molar-refractivity contribution is 6.35. The molecule has 0 fully saturated rings. The highest BCUT2D eigenvalue weighted by atomic mass is 35.5. The Morgan fingerprint density at radius 1 is 1.38 bits per heavy atom. The van der Waals surface area contributed by atoms with Crippen LogP contribution >= 0.6 is 23.2 Å². The van der Waals surface area contributed by atoms with Gasteiger partial charge in [0.2, 0.25) is 0 Å². The fraction of sp³-hybridized carbons (Fsp3) is 0.455. The molecule has 0 saturated heterocycles. The molecule has 0 bridgehead atoms. The first-order valence-electron chi connectivity index (χ1n) is 4.79. The molecular weight excluding hydrogens is 251 g/mol. The summed E-state index contributed by atoms with van der Waals surface area (Å²) in [6, 6.07) is 5.05. The predicted molar refractivity (Wildman–Crippen MR) is 63.8 cm³/mol. The molecule has 5 heteroatoms. The van der Waals surface area contributed by atoms with Crippen LogP contribution in [0.15, 0.2) is 18.2 Å². The molecule has 16 heavy (non-hydrogen) atoms. The molecule has 0 amide bonds. The molecule has 3 nitrogen and oxygen atoms in total. The van der Waals surface area contributed by atoms with Crippen molar-refractivity contribution in [3.63, 3.8) is 0 Å². The van der Waals surface area contributed by atoms with E-state index in [2.05, 4.69) is 0 Å². The van der Waals surface area contributed by atoms with Gasteiger partial charge in [0.25, 0.3) is 0 Å². The van der Waals surface area contributed by atoms with Crippen LogP contribution in [-0.2, 0) is 9.47 Å². The van der Waals surface area contributed by atoms with Gasteiger partial charge in [0.1, 0.15) is 12.9 Å². The minimum absolute atomic E-state index is 0.0918. The van der Waals surface area contributed by atoms with Crippen LogP contribution in [0.3, 0.4) is 0 Å². The largest absolute Gasteiger partial charge is 0.390 e. The van der Waals surface area contributed by atoms with E-state index in [0.717, 1.165) is 0 Å². The zero-order valence-corrected chi connectivity index (χ0v) is 10.6. The summed E-state index contributed by atoms with van der Waals surface area (Å²) >= 11 is 11.8. The van der Waals surface area contributed by atoms with Crippen LogP contribution < -0.4 is 0 Å². The van der Waals surface area contributed by atoms with Crippen LogP contribution in [0, 0.1) is 0 Å². The van der Waals surface area contributed by atoms with Crippen LogP contribution in [0.5, 0.6) is 0 Å². The Labute approximate surface area is 105 Å². The number of hydrogen-bond donors (Lipinski definition) is 1. The monoisotopic (exact) mass is 264 g/mol. The Kier molecular flexibility index (Phi) is 5.52. The molecular formula is C11H14Cl2O3. The number of aliphatic hydroxyl groups excluding tert-OH is 1. The van der Waals surface area contributed by atoms with Gasteiger partial charge < -0.3 is 14.6 Å². The van der Waals surface area contributed by atoms with Crippen molar-refractivity contribution in [1.82, 2.24) is 0 Å². The van der Waals surface area contributed by atoms with Crippen molar-refractivity contribution in [2.24, 2.45) is 0 Å². The van der Waals surface area contributed by atoms with Crippen molar-refractivity contribution >= 4 is 23.2 Å². The van der Waals surface area contributed by atoms with Crippen LogP contribution in [0.2, 0.25) is 10.0 Å². The van der Waals surface area contributed by atoms with Crippen molar-refractivity contribution in [2.45, 2.75) is 19.1 Å². The number of aliphatic hydroxyl groups is 1. The SMILES string of the molecule is COCO[C@@H](c1ccc(Cl)cc1Cl)[C@H](C)O. The second kappa shape index (κ2) is 6.42. The summed E-state index contributed by atoms with van der Waals surface area (Å²) < 4.78 is 10.2. The van der Waals surface area contributed by atoms with Gasteiger partial charge in [0.05, 0.1) is 6.10 Å². The molecule has 2 atom stereocenters. The first-order valence-corrected chi connectivity index (χ1v) is 5.55. The third kappa shape index (κ3) is 3.61. The van der Waals surface area contributed by atoms with Gasteiger partial charge in [-0.3, -0.25) is 0 Å². The van der Waals surface area contributed by atoms with E-state index in [1.807, 2.05) is 0 Å². The lowest BCUT2D eigenvalue weighted by molar-refractivity contribution is -0.110. The highest BCUT2D eigenvalue weighted by Crippen LogP contribution is 2.30. The summed E-state index contributed by atoms with van der Waals surface area (Å²) in [5, 5.41) is 10.6. The van der Waals surface area contributed by atoms with E-state index in [1.165, 1.54) is 7.11 Å². The Hall–Kier alpha value is -0.320. The fourth-order valence-corrected chi connectivity index (χ4v) is 1.88. The maximum absolute atomic E-state index is 9.61. The quantitative estimate of drug-likeness (QED) is 0.831. The number of ether oxygens (including phenoxy) is 2. The smallest absolute Gasteiger partial charge is 0.147 e. The maximum Gasteiger partial charge on any atom is 0.147 e. The van der Waals surface area contributed by atoms with E-state index in [9.17, 15) is 5.11 Å². The maximum atomic E-state index is 9.61. The third-order valence-electron chi connectivity index (χ3n) is 2.07. The lowest BCUT2D eigenvalue weighted by atomic mass is 10.1. The average Bonchev–Trinajstić information content (AvgIpc) is 2.20. The number of methoxy groups -OCH3 is 1. The van der Waals surface area contributed by atoms with Gasteiger partial charge in [-0.05, 0) is 19.1 Å². The summed E-state index contributed by atoms with van der Waals surface area (Å²) in [5.41, 5.74) is 0.693. The molecule has 0 aliphatic carbocycles. The summed E-state index contributed by atoms with van der Waals surface area (Å²) in [6.07, 6.45) is -1.21. The summed E-state index contributed by atoms with van der Waals surface area (Å²) in [5.74, 6) is 0. The molecule has 0 heterocycles. The second-order valence-electron chi connectivity index (χ2n) is 3.40. The summed E-state index contributed by atoms with van der Waals surface area (Å²) in [6.45, 7) is 1.72. The zero-order valence-electron chi connectivity index (χ0n) is 9.11. The zero-order chi connectivity index (χ0) is 12.1. The average molecular weight is 265 g/mol. The predicted octanol–water partition coefficient (Wildman–Crippen LogP) is 3.04. The molecule has 1 aromatic carbocycles. The Balaban J connectivity index is 2.92. The highest BCUT2D eigenvalue weighted by Gasteiger charge is 2.20. The van der Waals surface area contributed by atoms with Crippen molar-refractivity contribution < 1.29 is 14.6 Å². The molecule has 1 rings (SSSR count). The molecule has 1 N–H and O–H groups in total. The van der Waals surface area contributed by atoms with E-state index in [-0.39, 0.29) is 6.79 Å². The first kappa shape index (κ1) is 13.7. The minimum atomic E-state index is -0.686. The molecule has 0 aromatic heterocycles. The van der Waals surface area contributed by atoms with Crippen LogP contribution in [0.4, 0.5) is 0 Å². The fourth-order valence-electron chi connectivity index (χ4n) is 1.36. The third-order valence-corrected chi connectivity index (χ3v) is 2.64. The molecule has 90 valence electrons. The number of rotatable bonds is 5. The standard InChI is InChI=1S/C11H14Cl2O3/c1-7(14)11(16-6-15-2)9-4-3-8(12)5-10(9)13/h3-5,7,11,14H,6H2,1-2H3/t7-,11+/m0/s1. The molecule has 0 spiro atoms. The Bertz CT molecular complexity index is 342. The molecule has 0 radical (unpaired) electrons. The number of hydrogen-bond acceptors (Lipinski definition) is 3. The van der Waals surface area contributed by atoms with Crippen LogP contribution in [-0.4, -0.2) is 25.1 Å². The molecule has 0 aliphatic rings. The van der Waals surface area contributed by atoms with Crippen LogP contribution in [0.1, 0.15) is 18.6 Å². The van der Waals surface area contributed by atoms with E-state index >= 15 is 0 Å². The van der Waals surface area contributed by atoms with E-state index in [0.29, 0.717) is 15.6 Å².